The first-order chi connectivity index (χ1) is 11.1. The van der Waals surface area contributed by atoms with Crippen LogP contribution in [0.2, 0.25) is 0 Å². The van der Waals surface area contributed by atoms with E-state index >= 15 is 0 Å². The van der Waals surface area contributed by atoms with Gasteiger partial charge < -0.3 is 22.4 Å². The first kappa shape index (κ1) is 13.8. The molecule has 4 nitrogen and oxygen atoms in total. The number of methoxy groups -OCH3 is 1. The quantitative estimate of drug-likeness (QED) is 0.679. The van der Waals surface area contributed by atoms with E-state index < -0.39 is 7.04 Å². The summed E-state index contributed by atoms with van der Waals surface area (Å²) in [6.45, 7) is 0. The van der Waals surface area contributed by atoms with Crippen LogP contribution in [0.1, 0.15) is 11.5 Å². The summed E-state index contributed by atoms with van der Waals surface area (Å²) in [6, 6.07) is 13.5. The van der Waals surface area contributed by atoms with Gasteiger partial charge >= 0.3 is 12.9 Å². The first-order valence-corrected chi connectivity index (χ1v) is 7.08. The summed E-state index contributed by atoms with van der Waals surface area (Å²) in [5, 5.41) is 0. The summed E-state index contributed by atoms with van der Waals surface area (Å²) >= 11 is 0. The normalized spacial score (nSPS) is 15.7. The highest BCUT2D eigenvalue weighted by Gasteiger charge is 2.52. The minimum atomic E-state index is -4.30. The summed E-state index contributed by atoms with van der Waals surface area (Å²) in [5.74, 6) is 0.518. The van der Waals surface area contributed by atoms with Crippen LogP contribution >= 0.6 is 0 Å². The number of nitrogens with zero attached hydrogens (tertiary/aromatic N) is 1. The Hall–Kier alpha value is -2.83. The van der Waals surface area contributed by atoms with E-state index in [4.69, 9.17) is 13.8 Å². The van der Waals surface area contributed by atoms with E-state index in [1.807, 2.05) is 0 Å². The van der Waals surface area contributed by atoms with Crippen molar-refractivity contribution in [2.45, 2.75) is 0 Å². The van der Waals surface area contributed by atoms with E-state index in [1.165, 1.54) is 13.2 Å². The summed E-state index contributed by atoms with van der Waals surface area (Å²) in [6.07, 6.45) is 1.46. The van der Waals surface area contributed by atoms with Gasteiger partial charge in [0.15, 0.2) is 5.58 Å². The number of ether oxygens (including phenoxy) is 1. The van der Waals surface area contributed by atoms with Crippen molar-refractivity contribution in [2.75, 3.05) is 7.11 Å². The monoisotopic (exact) mass is 315 g/mol. The number of hydrogen-bond donors (Lipinski definition) is 0. The molecule has 0 saturated carbocycles. The Morgan fingerprint density at radius 3 is 2.61 bits per heavy atom. The Morgan fingerprint density at radius 1 is 1.04 bits per heavy atom. The molecule has 0 N–H and O–H groups in total. The number of hydrogen-bond acceptors (Lipinski definition) is 3. The molecule has 0 atom stereocenters. The fourth-order valence-electron chi connectivity index (χ4n) is 2.77. The van der Waals surface area contributed by atoms with Crippen LogP contribution < -0.4 is 9.21 Å². The van der Waals surface area contributed by atoms with Crippen LogP contribution in [-0.2, 0) is 4.65 Å². The molecule has 1 aliphatic heterocycles. The van der Waals surface area contributed by atoms with Crippen LogP contribution in [0.3, 0.4) is 0 Å². The molecule has 1 aromatic heterocycles. The highest BCUT2D eigenvalue weighted by Crippen LogP contribution is 2.34. The fraction of sp³-hybridized carbons (Fsp3) is 0.0625. The van der Waals surface area contributed by atoms with Gasteiger partial charge in [0.25, 0.3) is 0 Å². The molecular formula is C16H12BF2NO3. The Labute approximate surface area is 130 Å². The molecule has 116 valence electrons. The van der Waals surface area contributed by atoms with Crippen LogP contribution in [0.25, 0.3) is 22.9 Å². The zero-order valence-electron chi connectivity index (χ0n) is 12.2. The summed E-state index contributed by atoms with van der Waals surface area (Å²) in [5.41, 5.74) is 1.12. The lowest BCUT2D eigenvalue weighted by Crippen LogP contribution is -2.62. The van der Waals surface area contributed by atoms with Gasteiger partial charge in [0.2, 0.25) is 5.52 Å². The number of aromatic nitrogens is 1. The standard InChI is InChI=1S/C16H12BF2NO3/c1-21-13-8-4-2-6-11(13)15-10-16-20(17(18,19)23-15)12-7-3-5-9-14(12)22-16/h2-10H,1H3. The Morgan fingerprint density at radius 2 is 1.78 bits per heavy atom. The highest BCUT2D eigenvalue weighted by atomic mass is 19.3. The third-order valence-electron chi connectivity index (χ3n) is 3.77. The smallest absolute Gasteiger partial charge is 0.599 e. The average Bonchev–Trinajstić information content (AvgIpc) is 2.93. The van der Waals surface area contributed by atoms with E-state index in [0.29, 0.717) is 22.4 Å². The largest absolute Gasteiger partial charge is 0.837 e. The predicted molar refractivity (Wildman–Crippen MR) is 81.7 cm³/mol. The van der Waals surface area contributed by atoms with Crippen LogP contribution in [-0.4, -0.2) is 14.1 Å². The van der Waals surface area contributed by atoms with Crippen molar-refractivity contribution in [2.24, 2.45) is 0 Å². The van der Waals surface area contributed by atoms with Gasteiger partial charge in [0, 0.05) is 6.07 Å². The second kappa shape index (κ2) is 4.84. The fourth-order valence-corrected chi connectivity index (χ4v) is 2.77. The molecule has 1 aliphatic rings. The van der Waals surface area contributed by atoms with E-state index in [0.717, 1.165) is 4.48 Å². The SMILES string of the molecule is COc1ccccc1C1=Cc2oc3ccccc3[n+]2[B-](F)(F)O1. The maximum atomic E-state index is 14.6. The van der Waals surface area contributed by atoms with Crippen LogP contribution in [0.5, 0.6) is 5.75 Å². The maximum absolute atomic E-state index is 14.6. The number of fused-ring (bicyclic) bond motifs is 3. The van der Waals surface area contributed by atoms with Crippen molar-refractivity contribution in [1.82, 2.24) is 0 Å². The zero-order valence-corrected chi connectivity index (χ0v) is 12.2. The average molecular weight is 315 g/mol. The third-order valence-corrected chi connectivity index (χ3v) is 3.77. The van der Waals surface area contributed by atoms with Gasteiger partial charge in [-0.1, -0.05) is 24.3 Å². The molecule has 7 heteroatoms. The summed E-state index contributed by atoms with van der Waals surface area (Å²) in [4.78, 5) is 0. The molecule has 0 fully saturated rings. The van der Waals surface area contributed by atoms with E-state index in [1.54, 1.807) is 48.5 Å². The van der Waals surface area contributed by atoms with Crippen molar-refractivity contribution >= 4 is 30.0 Å². The van der Waals surface area contributed by atoms with Crippen LogP contribution in [0.4, 0.5) is 8.63 Å². The molecule has 3 aromatic rings. The third kappa shape index (κ3) is 2.08. The first-order valence-electron chi connectivity index (χ1n) is 7.08. The number of rotatable bonds is 2. The Kier molecular flexibility index (Phi) is 2.91. The van der Waals surface area contributed by atoms with Crippen molar-refractivity contribution in [1.29, 1.82) is 0 Å². The molecule has 2 heterocycles. The van der Waals surface area contributed by atoms with Gasteiger partial charge in [0.1, 0.15) is 5.75 Å². The molecule has 2 aromatic carbocycles. The molecule has 0 aliphatic carbocycles. The summed E-state index contributed by atoms with van der Waals surface area (Å²) in [7, 11) is -2.82. The maximum Gasteiger partial charge on any atom is 0.837 e. The van der Waals surface area contributed by atoms with E-state index in [-0.39, 0.29) is 11.6 Å². The van der Waals surface area contributed by atoms with Gasteiger partial charge in [-0.2, -0.15) is 0 Å². The predicted octanol–water partition coefficient (Wildman–Crippen LogP) is 3.48. The molecular weight excluding hydrogens is 303 g/mol. The number of benzene rings is 2. The van der Waals surface area contributed by atoms with Crippen LogP contribution in [0.15, 0.2) is 52.9 Å². The van der Waals surface area contributed by atoms with E-state index in [9.17, 15) is 8.63 Å². The van der Waals surface area contributed by atoms with E-state index in [2.05, 4.69) is 0 Å². The molecule has 4 rings (SSSR count). The van der Waals surface area contributed by atoms with Gasteiger partial charge in [-0.3, -0.25) is 4.48 Å². The van der Waals surface area contributed by atoms with Crippen molar-refractivity contribution in [3.05, 3.63) is 60.0 Å². The molecule has 0 bridgehead atoms. The number of para-hydroxylation sites is 3. The highest BCUT2D eigenvalue weighted by molar-refractivity contribution is 6.51. The van der Waals surface area contributed by atoms with Gasteiger partial charge in [-0.05, 0) is 18.2 Å². The lowest BCUT2D eigenvalue weighted by atomic mass is 10.00. The molecule has 0 saturated heterocycles. The van der Waals surface area contributed by atoms with Crippen molar-refractivity contribution < 1.29 is 26.9 Å². The molecule has 23 heavy (non-hydrogen) atoms. The summed E-state index contributed by atoms with van der Waals surface area (Å²) < 4.78 is 45.8. The van der Waals surface area contributed by atoms with Crippen molar-refractivity contribution in [3.63, 3.8) is 0 Å². The number of halogens is 2. The Balaban J connectivity index is 1.95. The second-order valence-electron chi connectivity index (χ2n) is 5.17. The zero-order chi connectivity index (χ0) is 16.0. The Bertz CT molecular complexity index is 936. The number of oxazole rings is 1. The second-order valence-corrected chi connectivity index (χ2v) is 5.17. The molecule has 0 unspecified atom stereocenters. The van der Waals surface area contributed by atoms with Crippen LogP contribution in [0, 0.1) is 0 Å². The molecule has 0 spiro atoms. The minimum absolute atomic E-state index is 0.0199. The minimum Gasteiger partial charge on any atom is -0.599 e. The van der Waals surface area contributed by atoms with Gasteiger partial charge in [-0.15, -0.1) is 0 Å². The molecule has 0 amide bonds. The molecule has 0 radical (unpaired) electrons. The van der Waals surface area contributed by atoms with Gasteiger partial charge in [-0.25, -0.2) is 0 Å². The lowest BCUT2D eigenvalue weighted by molar-refractivity contribution is -0.562. The van der Waals surface area contributed by atoms with Crippen molar-refractivity contribution in [3.8, 4) is 5.75 Å². The topological polar surface area (TPSA) is 35.5 Å². The van der Waals surface area contributed by atoms with Gasteiger partial charge in [0.05, 0.1) is 24.5 Å². The lowest BCUT2D eigenvalue weighted by Gasteiger charge is -2.26.